The van der Waals surface area contributed by atoms with Crippen LogP contribution < -0.4 is 0 Å². The van der Waals surface area contributed by atoms with E-state index in [1.165, 1.54) is 18.2 Å². The molecule has 0 aliphatic heterocycles. The highest BCUT2D eigenvalue weighted by atomic mass is 19.4. The first kappa shape index (κ1) is 18.4. The molecule has 24 heavy (non-hydrogen) atoms. The number of aryl methyl sites for hydroxylation is 1. The van der Waals surface area contributed by atoms with Crippen LogP contribution in [0.4, 0.5) is 26.3 Å². The second-order valence-electron chi connectivity index (χ2n) is 5.88. The molecule has 0 bridgehead atoms. The third kappa shape index (κ3) is 4.30. The van der Waals surface area contributed by atoms with Gasteiger partial charge in [0.15, 0.2) is 0 Å². The zero-order valence-electron chi connectivity index (χ0n) is 13.1. The molecule has 0 amide bonds. The van der Waals surface area contributed by atoms with Crippen LogP contribution in [0.15, 0.2) is 42.5 Å². The van der Waals surface area contributed by atoms with Crippen LogP contribution in [0.3, 0.4) is 0 Å². The van der Waals surface area contributed by atoms with Gasteiger partial charge in [-0.2, -0.15) is 26.3 Å². The lowest BCUT2D eigenvalue weighted by Gasteiger charge is -2.18. The van der Waals surface area contributed by atoms with Crippen LogP contribution in [0, 0.1) is 6.92 Å². The van der Waals surface area contributed by atoms with Crippen LogP contribution in [0.5, 0.6) is 0 Å². The Morgan fingerprint density at radius 2 is 1.42 bits per heavy atom. The zero-order chi connectivity index (χ0) is 18.1. The maximum Gasteiger partial charge on any atom is 0.416 e. The Morgan fingerprint density at radius 3 is 1.92 bits per heavy atom. The summed E-state index contributed by atoms with van der Waals surface area (Å²) in [6, 6.07) is 8.65. The van der Waals surface area contributed by atoms with E-state index < -0.39 is 23.5 Å². The molecule has 0 N–H and O–H groups in total. The van der Waals surface area contributed by atoms with E-state index in [0.29, 0.717) is 11.1 Å². The van der Waals surface area contributed by atoms with Gasteiger partial charge < -0.3 is 0 Å². The van der Waals surface area contributed by atoms with E-state index in [-0.39, 0.29) is 17.9 Å². The van der Waals surface area contributed by atoms with E-state index >= 15 is 0 Å². The van der Waals surface area contributed by atoms with E-state index in [0.717, 1.165) is 18.2 Å². The van der Waals surface area contributed by atoms with E-state index in [1.807, 2.05) is 0 Å². The van der Waals surface area contributed by atoms with E-state index in [9.17, 15) is 26.3 Å². The lowest BCUT2D eigenvalue weighted by molar-refractivity contribution is -0.138. The molecule has 130 valence electrons. The van der Waals surface area contributed by atoms with Gasteiger partial charge in [0.2, 0.25) is 0 Å². The summed E-state index contributed by atoms with van der Waals surface area (Å²) >= 11 is 0. The van der Waals surface area contributed by atoms with Gasteiger partial charge in [-0.15, -0.1) is 0 Å². The Labute approximate surface area is 136 Å². The lowest BCUT2D eigenvalue weighted by atomic mass is 9.90. The summed E-state index contributed by atoms with van der Waals surface area (Å²) in [5.74, 6) is -0.337. The second-order valence-corrected chi connectivity index (χ2v) is 5.88. The van der Waals surface area contributed by atoms with Crippen molar-refractivity contribution in [2.45, 2.75) is 38.5 Å². The molecule has 1 unspecified atom stereocenters. The highest BCUT2D eigenvalue weighted by Gasteiger charge is 2.34. The molecule has 2 aromatic rings. The first-order valence-electron chi connectivity index (χ1n) is 7.32. The van der Waals surface area contributed by atoms with Gasteiger partial charge in [0.1, 0.15) is 0 Å². The van der Waals surface area contributed by atoms with Gasteiger partial charge in [0.05, 0.1) is 11.1 Å². The summed E-state index contributed by atoms with van der Waals surface area (Å²) in [4.78, 5) is 0. The van der Waals surface area contributed by atoms with Crippen LogP contribution in [0.2, 0.25) is 0 Å². The summed E-state index contributed by atoms with van der Waals surface area (Å²) in [7, 11) is 0. The highest BCUT2D eigenvalue weighted by molar-refractivity contribution is 5.36. The van der Waals surface area contributed by atoms with Crippen LogP contribution in [-0.2, 0) is 18.8 Å². The Kier molecular flexibility index (Phi) is 4.97. The predicted molar refractivity (Wildman–Crippen MR) is 79.7 cm³/mol. The fourth-order valence-electron chi connectivity index (χ4n) is 2.58. The van der Waals surface area contributed by atoms with Crippen molar-refractivity contribution in [2.75, 3.05) is 0 Å². The minimum absolute atomic E-state index is 0.0977. The molecule has 0 saturated heterocycles. The summed E-state index contributed by atoms with van der Waals surface area (Å²) in [5, 5.41) is 0. The third-order valence-corrected chi connectivity index (χ3v) is 3.90. The summed E-state index contributed by atoms with van der Waals surface area (Å²) in [6.45, 7) is 3.28. The predicted octanol–water partition coefficient (Wildman–Crippen LogP) is 6.38. The topological polar surface area (TPSA) is 0 Å². The monoisotopic (exact) mass is 346 g/mol. The molecule has 0 nitrogen and oxygen atoms in total. The van der Waals surface area contributed by atoms with Crippen molar-refractivity contribution in [1.82, 2.24) is 0 Å². The van der Waals surface area contributed by atoms with Gasteiger partial charge in [0, 0.05) is 0 Å². The molecule has 0 saturated carbocycles. The molecular weight excluding hydrogens is 330 g/mol. The molecule has 6 heteroatoms. The van der Waals surface area contributed by atoms with Crippen molar-refractivity contribution in [3.05, 3.63) is 70.3 Å². The van der Waals surface area contributed by atoms with Gasteiger partial charge >= 0.3 is 12.4 Å². The molecule has 0 fully saturated rings. The number of hydrogen-bond donors (Lipinski definition) is 0. The van der Waals surface area contributed by atoms with Crippen LogP contribution in [0.25, 0.3) is 0 Å². The first-order valence-corrected chi connectivity index (χ1v) is 7.32. The molecular formula is C18H16F6. The van der Waals surface area contributed by atoms with Crippen molar-refractivity contribution in [3.8, 4) is 0 Å². The van der Waals surface area contributed by atoms with Crippen LogP contribution >= 0.6 is 0 Å². The van der Waals surface area contributed by atoms with Crippen LogP contribution in [-0.4, -0.2) is 0 Å². The normalized spacial score (nSPS) is 13.8. The molecule has 0 radical (unpaired) electrons. The molecule has 2 rings (SSSR count). The average Bonchev–Trinajstić information content (AvgIpc) is 2.47. The molecule has 1 atom stereocenters. The first-order chi connectivity index (χ1) is 11.0. The number of hydrogen-bond acceptors (Lipinski definition) is 0. The lowest BCUT2D eigenvalue weighted by Crippen LogP contribution is -2.12. The van der Waals surface area contributed by atoms with Gasteiger partial charge in [-0.3, -0.25) is 0 Å². The van der Waals surface area contributed by atoms with Crippen molar-refractivity contribution in [3.63, 3.8) is 0 Å². The van der Waals surface area contributed by atoms with Gasteiger partial charge in [-0.1, -0.05) is 36.8 Å². The Balaban J connectivity index is 2.26. The maximum absolute atomic E-state index is 13.1. The molecule has 0 aromatic heterocycles. The van der Waals surface area contributed by atoms with Gasteiger partial charge in [0.25, 0.3) is 0 Å². The Morgan fingerprint density at radius 1 is 0.833 bits per heavy atom. The van der Waals surface area contributed by atoms with E-state index in [2.05, 4.69) is 0 Å². The number of halogens is 6. The molecule has 0 spiro atoms. The fraction of sp³-hybridized carbons (Fsp3) is 0.333. The van der Waals surface area contributed by atoms with Gasteiger partial charge in [-0.05, 0) is 48.6 Å². The minimum Gasteiger partial charge on any atom is -0.166 e. The van der Waals surface area contributed by atoms with Gasteiger partial charge in [-0.25, -0.2) is 0 Å². The Hall–Kier alpha value is -1.98. The summed E-state index contributed by atoms with van der Waals surface area (Å²) in [6.07, 6.45) is -8.79. The van der Waals surface area contributed by atoms with Crippen molar-refractivity contribution in [2.24, 2.45) is 0 Å². The van der Waals surface area contributed by atoms with Crippen molar-refractivity contribution < 1.29 is 26.3 Å². The Bertz CT molecular complexity index is 695. The fourth-order valence-corrected chi connectivity index (χ4v) is 2.58. The standard InChI is InChI=1S/C18H16F6/c1-11-3-4-14(16(9-11)18(22,23)24)10-12(2)13-5-7-15(8-6-13)17(19,20)21/h3-9,12H,10H2,1-2H3. The van der Waals surface area contributed by atoms with E-state index in [1.54, 1.807) is 19.9 Å². The zero-order valence-corrected chi connectivity index (χ0v) is 13.1. The second kappa shape index (κ2) is 6.49. The van der Waals surface area contributed by atoms with Crippen LogP contribution in [0.1, 0.15) is 40.7 Å². The summed E-state index contributed by atoms with van der Waals surface area (Å²) < 4.78 is 77.1. The number of benzene rings is 2. The number of rotatable bonds is 3. The smallest absolute Gasteiger partial charge is 0.166 e. The summed E-state index contributed by atoms with van der Waals surface area (Å²) in [5.41, 5.74) is -0.253. The third-order valence-electron chi connectivity index (χ3n) is 3.90. The maximum atomic E-state index is 13.1. The van der Waals surface area contributed by atoms with Crippen molar-refractivity contribution >= 4 is 0 Å². The molecule has 0 aliphatic rings. The highest BCUT2D eigenvalue weighted by Crippen LogP contribution is 2.35. The quantitative estimate of drug-likeness (QED) is 0.566. The molecule has 0 heterocycles. The number of alkyl halides is 6. The minimum atomic E-state index is -4.46. The molecule has 0 aliphatic carbocycles. The molecule has 2 aromatic carbocycles. The van der Waals surface area contributed by atoms with E-state index in [4.69, 9.17) is 0 Å². The van der Waals surface area contributed by atoms with Crippen molar-refractivity contribution in [1.29, 1.82) is 0 Å². The SMILES string of the molecule is Cc1ccc(CC(C)c2ccc(C(F)(F)F)cc2)c(C(F)(F)F)c1. The average molecular weight is 346 g/mol. The largest absolute Gasteiger partial charge is 0.416 e.